The lowest BCUT2D eigenvalue weighted by molar-refractivity contribution is -0.137. The van der Waals surface area contributed by atoms with Gasteiger partial charge < -0.3 is 16.0 Å². The number of anilines is 4. The molecule has 1 saturated heterocycles. The van der Waals surface area contributed by atoms with Gasteiger partial charge in [0.25, 0.3) is 0 Å². The lowest BCUT2D eigenvalue weighted by Crippen LogP contribution is -2.46. The molecule has 0 saturated carbocycles. The van der Waals surface area contributed by atoms with Crippen molar-refractivity contribution in [2.24, 2.45) is 0 Å². The van der Waals surface area contributed by atoms with Gasteiger partial charge in [0.2, 0.25) is 0 Å². The van der Waals surface area contributed by atoms with Crippen molar-refractivity contribution in [3.8, 4) is 0 Å². The van der Waals surface area contributed by atoms with E-state index >= 15 is 0 Å². The van der Waals surface area contributed by atoms with Crippen LogP contribution < -0.4 is 16.0 Å². The van der Waals surface area contributed by atoms with E-state index in [4.69, 9.17) is 5.73 Å². The largest absolute Gasteiger partial charge is 0.416 e. The Balaban J connectivity index is 1.44. The lowest BCUT2D eigenvalue weighted by Gasteiger charge is -2.36. The fourth-order valence-corrected chi connectivity index (χ4v) is 3.61. The van der Waals surface area contributed by atoms with Gasteiger partial charge in [-0.3, -0.25) is 4.90 Å². The van der Waals surface area contributed by atoms with Gasteiger partial charge in [0.1, 0.15) is 12.0 Å². The number of rotatable bonds is 5. The van der Waals surface area contributed by atoms with Crippen molar-refractivity contribution < 1.29 is 13.2 Å². The van der Waals surface area contributed by atoms with E-state index in [1.165, 1.54) is 18.0 Å². The molecule has 1 aromatic heterocycles. The van der Waals surface area contributed by atoms with Gasteiger partial charge in [-0.15, -0.1) is 0 Å². The Bertz CT molecular complexity index is 1020. The van der Waals surface area contributed by atoms with E-state index < -0.39 is 11.7 Å². The number of nitrogens with one attached hydrogen (secondary N) is 1. The van der Waals surface area contributed by atoms with Crippen LogP contribution in [0.15, 0.2) is 60.9 Å². The average molecular weight is 428 g/mol. The number of nitrogens with zero attached hydrogens (tertiary/aromatic N) is 4. The molecule has 3 N–H and O–H groups in total. The van der Waals surface area contributed by atoms with Crippen LogP contribution in [0.5, 0.6) is 0 Å². The molecule has 1 fully saturated rings. The Kier molecular flexibility index (Phi) is 5.94. The zero-order chi connectivity index (χ0) is 21.8. The van der Waals surface area contributed by atoms with Crippen LogP contribution in [0.3, 0.4) is 0 Å². The molecule has 0 radical (unpaired) electrons. The third-order valence-electron chi connectivity index (χ3n) is 5.24. The summed E-state index contributed by atoms with van der Waals surface area (Å²) in [7, 11) is 0. The van der Waals surface area contributed by atoms with Crippen LogP contribution in [-0.2, 0) is 12.7 Å². The number of hydrogen-bond donors (Lipinski definition) is 2. The maximum atomic E-state index is 13.0. The summed E-state index contributed by atoms with van der Waals surface area (Å²) in [6.07, 6.45) is -3.04. The third-order valence-corrected chi connectivity index (χ3v) is 5.24. The Morgan fingerprint density at radius 3 is 2.39 bits per heavy atom. The van der Waals surface area contributed by atoms with Crippen molar-refractivity contribution in [3.05, 3.63) is 72.1 Å². The molecule has 9 heteroatoms. The molecule has 2 aromatic carbocycles. The van der Waals surface area contributed by atoms with Crippen LogP contribution in [-0.4, -0.2) is 41.0 Å². The molecule has 1 aliphatic heterocycles. The van der Waals surface area contributed by atoms with Gasteiger partial charge in [0.15, 0.2) is 11.6 Å². The van der Waals surface area contributed by atoms with Crippen LogP contribution in [0.4, 0.5) is 36.2 Å². The van der Waals surface area contributed by atoms with Crippen molar-refractivity contribution in [3.63, 3.8) is 0 Å². The smallest absolute Gasteiger partial charge is 0.393 e. The number of alkyl halides is 3. The molecule has 0 bridgehead atoms. The molecule has 0 unspecified atom stereocenters. The summed E-state index contributed by atoms with van der Waals surface area (Å²) < 4.78 is 38.9. The number of nitrogen functional groups attached to an aromatic ring is 1. The van der Waals surface area contributed by atoms with E-state index in [-0.39, 0.29) is 11.5 Å². The molecule has 0 atom stereocenters. The predicted octanol–water partition coefficient (Wildman–Crippen LogP) is 4.14. The highest BCUT2D eigenvalue weighted by atomic mass is 19.4. The summed E-state index contributed by atoms with van der Waals surface area (Å²) in [4.78, 5) is 12.9. The zero-order valence-electron chi connectivity index (χ0n) is 16.8. The van der Waals surface area contributed by atoms with Gasteiger partial charge in [-0.2, -0.15) is 13.2 Å². The second-order valence-corrected chi connectivity index (χ2v) is 7.41. The Labute approximate surface area is 178 Å². The van der Waals surface area contributed by atoms with E-state index in [1.54, 1.807) is 6.07 Å². The molecular formula is C22H23F3N6. The van der Waals surface area contributed by atoms with E-state index in [1.807, 2.05) is 18.2 Å². The lowest BCUT2D eigenvalue weighted by atomic mass is 10.2. The summed E-state index contributed by atoms with van der Waals surface area (Å²) in [5.41, 5.74) is 7.39. The standard InChI is InChI=1S/C22H23F3N6/c23-22(24,25)17-7-4-8-18(13-17)29-20-19(26)21(28-15-27-20)31-11-9-30(10-12-31)14-16-5-2-1-3-6-16/h1-8,13,15H,9-12,14,26H2,(H,27,28,29). The summed E-state index contributed by atoms with van der Waals surface area (Å²) >= 11 is 0. The van der Waals surface area contributed by atoms with Crippen LogP contribution in [0.2, 0.25) is 0 Å². The molecule has 6 nitrogen and oxygen atoms in total. The van der Waals surface area contributed by atoms with Crippen molar-refractivity contribution in [2.75, 3.05) is 42.1 Å². The molecule has 1 aliphatic rings. The maximum Gasteiger partial charge on any atom is 0.416 e. The van der Waals surface area contributed by atoms with Gasteiger partial charge in [-0.25, -0.2) is 9.97 Å². The molecule has 4 rings (SSSR count). The van der Waals surface area contributed by atoms with Crippen molar-refractivity contribution in [2.45, 2.75) is 12.7 Å². The first-order valence-corrected chi connectivity index (χ1v) is 9.96. The number of benzene rings is 2. The quantitative estimate of drug-likeness (QED) is 0.637. The first-order valence-electron chi connectivity index (χ1n) is 9.96. The molecule has 3 aromatic rings. The van der Waals surface area contributed by atoms with Gasteiger partial charge in [-0.1, -0.05) is 36.4 Å². The Hall–Kier alpha value is -3.33. The SMILES string of the molecule is Nc1c(Nc2cccc(C(F)(F)F)c2)ncnc1N1CCN(Cc2ccccc2)CC1. The van der Waals surface area contributed by atoms with Crippen LogP contribution in [0.25, 0.3) is 0 Å². The van der Waals surface area contributed by atoms with Crippen LogP contribution in [0.1, 0.15) is 11.1 Å². The van der Waals surface area contributed by atoms with Crippen molar-refractivity contribution >= 4 is 23.0 Å². The fourth-order valence-electron chi connectivity index (χ4n) is 3.61. The van der Waals surface area contributed by atoms with Crippen LogP contribution >= 0.6 is 0 Å². The van der Waals surface area contributed by atoms with Crippen molar-refractivity contribution in [1.82, 2.24) is 14.9 Å². The topological polar surface area (TPSA) is 70.3 Å². The predicted molar refractivity (Wildman–Crippen MR) is 115 cm³/mol. The second-order valence-electron chi connectivity index (χ2n) is 7.41. The molecule has 0 spiro atoms. The minimum Gasteiger partial charge on any atom is -0.393 e. The van der Waals surface area contributed by atoms with E-state index in [2.05, 4.69) is 37.2 Å². The maximum absolute atomic E-state index is 13.0. The molecule has 2 heterocycles. The number of hydrogen-bond acceptors (Lipinski definition) is 6. The highest BCUT2D eigenvalue weighted by Gasteiger charge is 2.30. The third kappa shape index (κ3) is 5.05. The second kappa shape index (κ2) is 8.81. The molecular weight excluding hydrogens is 405 g/mol. The highest BCUT2D eigenvalue weighted by Crippen LogP contribution is 2.33. The number of halogens is 3. The zero-order valence-corrected chi connectivity index (χ0v) is 16.8. The van der Waals surface area contributed by atoms with Gasteiger partial charge >= 0.3 is 6.18 Å². The fraction of sp³-hybridized carbons (Fsp3) is 0.273. The average Bonchev–Trinajstić information content (AvgIpc) is 2.76. The summed E-state index contributed by atoms with van der Waals surface area (Å²) in [5, 5.41) is 2.89. The number of aromatic nitrogens is 2. The monoisotopic (exact) mass is 428 g/mol. The molecule has 162 valence electrons. The van der Waals surface area contributed by atoms with Gasteiger partial charge in [0.05, 0.1) is 5.56 Å². The van der Waals surface area contributed by atoms with Crippen molar-refractivity contribution in [1.29, 1.82) is 0 Å². The Morgan fingerprint density at radius 2 is 1.68 bits per heavy atom. The minimum absolute atomic E-state index is 0.263. The van der Waals surface area contributed by atoms with Crippen LogP contribution in [0, 0.1) is 0 Å². The van der Waals surface area contributed by atoms with E-state index in [9.17, 15) is 13.2 Å². The summed E-state index contributed by atoms with van der Waals surface area (Å²) in [6.45, 7) is 4.09. The molecule has 0 amide bonds. The highest BCUT2D eigenvalue weighted by molar-refractivity contribution is 5.78. The normalized spacial score (nSPS) is 15.1. The van der Waals surface area contributed by atoms with E-state index in [0.717, 1.165) is 44.9 Å². The first kappa shape index (κ1) is 20.9. The number of piperazine rings is 1. The molecule has 0 aliphatic carbocycles. The van der Waals surface area contributed by atoms with Gasteiger partial charge in [0, 0.05) is 38.4 Å². The van der Waals surface area contributed by atoms with E-state index in [0.29, 0.717) is 11.5 Å². The Morgan fingerprint density at radius 1 is 0.935 bits per heavy atom. The molecule has 31 heavy (non-hydrogen) atoms. The summed E-state index contributed by atoms with van der Waals surface area (Å²) in [5.74, 6) is 0.875. The first-order chi connectivity index (χ1) is 14.9. The van der Waals surface area contributed by atoms with Gasteiger partial charge in [-0.05, 0) is 23.8 Å². The summed E-state index contributed by atoms with van der Waals surface area (Å²) in [6, 6.07) is 15.2. The number of nitrogens with two attached hydrogens (primary N) is 1. The minimum atomic E-state index is -4.42.